The Morgan fingerprint density at radius 1 is 1.50 bits per heavy atom. The van der Waals surface area contributed by atoms with Gasteiger partial charge in [0.2, 0.25) is 5.91 Å². The predicted octanol–water partition coefficient (Wildman–Crippen LogP) is 1.88. The normalized spacial score (nSPS) is 18.6. The zero-order chi connectivity index (χ0) is 15.5. The van der Waals surface area contributed by atoms with Crippen LogP contribution < -0.4 is 0 Å². The van der Waals surface area contributed by atoms with E-state index in [0.717, 1.165) is 38.2 Å². The Hall–Kier alpha value is -2.11. The fourth-order valence-corrected chi connectivity index (χ4v) is 3.25. The van der Waals surface area contributed by atoms with E-state index >= 15 is 0 Å². The number of carbonyl (C=O) groups excluding carboxylic acids is 1. The molecule has 1 fully saturated rings. The first-order valence-electron chi connectivity index (χ1n) is 7.96. The lowest BCUT2D eigenvalue weighted by Gasteiger charge is -2.32. The zero-order valence-corrected chi connectivity index (χ0v) is 13.2. The Morgan fingerprint density at radius 2 is 2.36 bits per heavy atom. The van der Waals surface area contributed by atoms with Crippen LogP contribution in [0.5, 0.6) is 0 Å². The summed E-state index contributed by atoms with van der Waals surface area (Å²) in [7, 11) is 0. The van der Waals surface area contributed by atoms with Gasteiger partial charge in [0.15, 0.2) is 0 Å². The Morgan fingerprint density at radius 3 is 3.09 bits per heavy atom. The van der Waals surface area contributed by atoms with Crippen LogP contribution in [0.4, 0.5) is 0 Å². The molecule has 6 nitrogen and oxygen atoms in total. The minimum absolute atomic E-state index is 0.176. The van der Waals surface area contributed by atoms with E-state index in [9.17, 15) is 4.79 Å². The van der Waals surface area contributed by atoms with Crippen LogP contribution in [0.2, 0.25) is 0 Å². The van der Waals surface area contributed by atoms with Gasteiger partial charge in [-0.2, -0.15) is 5.10 Å². The molecule has 6 heteroatoms. The van der Waals surface area contributed by atoms with Crippen LogP contribution in [-0.2, 0) is 17.8 Å². The van der Waals surface area contributed by atoms with Gasteiger partial charge in [0.25, 0.3) is 0 Å². The van der Waals surface area contributed by atoms with Crippen molar-refractivity contribution >= 4 is 5.91 Å². The molecule has 2 aromatic heterocycles. The summed E-state index contributed by atoms with van der Waals surface area (Å²) >= 11 is 0. The van der Waals surface area contributed by atoms with E-state index in [1.807, 2.05) is 21.9 Å². The van der Waals surface area contributed by atoms with Gasteiger partial charge in [-0.15, -0.1) is 0 Å². The van der Waals surface area contributed by atoms with Crippen LogP contribution in [0, 0.1) is 6.92 Å². The number of rotatable bonds is 4. The number of likely N-dealkylation sites (tertiary alicyclic amines) is 1. The molecule has 1 saturated heterocycles. The number of hydrogen-bond acceptors (Lipinski definition) is 3. The van der Waals surface area contributed by atoms with Gasteiger partial charge in [-0.05, 0) is 25.3 Å². The van der Waals surface area contributed by atoms with Crippen molar-refractivity contribution in [3.05, 3.63) is 35.7 Å². The number of amides is 1. The maximum atomic E-state index is 12.6. The van der Waals surface area contributed by atoms with E-state index in [1.54, 1.807) is 6.20 Å². The van der Waals surface area contributed by atoms with Crippen molar-refractivity contribution in [2.24, 2.45) is 0 Å². The lowest BCUT2D eigenvalue weighted by Crippen LogP contribution is -2.41. The fraction of sp³-hybridized carbons (Fsp3) is 0.562. The molecule has 1 atom stereocenters. The summed E-state index contributed by atoms with van der Waals surface area (Å²) in [6.07, 6.45) is 8.50. The highest BCUT2D eigenvalue weighted by Crippen LogP contribution is 2.27. The van der Waals surface area contributed by atoms with Crippen molar-refractivity contribution in [3.63, 3.8) is 0 Å². The smallest absolute Gasteiger partial charge is 0.242 e. The van der Waals surface area contributed by atoms with Gasteiger partial charge in [-0.25, -0.2) is 4.98 Å². The quantitative estimate of drug-likeness (QED) is 0.937. The van der Waals surface area contributed by atoms with Gasteiger partial charge in [-0.1, -0.05) is 6.92 Å². The maximum absolute atomic E-state index is 12.6. The molecule has 1 N–H and O–H groups in total. The molecular weight excluding hydrogens is 278 g/mol. The molecule has 0 aromatic carbocycles. The molecule has 0 radical (unpaired) electrons. The maximum Gasteiger partial charge on any atom is 0.242 e. The van der Waals surface area contributed by atoms with Crippen molar-refractivity contribution in [2.75, 3.05) is 13.1 Å². The lowest BCUT2D eigenvalue weighted by molar-refractivity contribution is -0.133. The number of carbonyl (C=O) groups is 1. The molecule has 1 aliphatic heterocycles. The second-order valence-electron chi connectivity index (χ2n) is 5.97. The van der Waals surface area contributed by atoms with E-state index in [4.69, 9.17) is 0 Å². The van der Waals surface area contributed by atoms with Gasteiger partial charge in [0.1, 0.15) is 12.4 Å². The number of aromatic nitrogens is 4. The topological polar surface area (TPSA) is 66.8 Å². The van der Waals surface area contributed by atoms with Crippen molar-refractivity contribution < 1.29 is 4.79 Å². The first-order chi connectivity index (χ1) is 10.7. The van der Waals surface area contributed by atoms with Crippen molar-refractivity contribution in [3.8, 4) is 0 Å². The Balaban J connectivity index is 1.67. The number of imidazole rings is 1. The molecule has 0 saturated carbocycles. The SMILES string of the molecule is CCc1nccn1CC(=O)N1CCC[C@H](c2[nH]ncc2C)C1. The number of hydrogen-bond donors (Lipinski definition) is 1. The van der Waals surface area contributed by atoms with Crippen molar-refractivity contribution in [2.45, 2.75) is 45.6 Å². The summed E-state index contributed by atoms with van der Waals surface area (Å²) in [5.41, 5.74) is 2.36. The van der Waals surface area contributed by atoms with Gasteiger partial charge in [0, 0.05) is 43.5 Å². The Bertz CT molecular complexity index is 645. The second kappa shape index (κ2) is 6.34. The number of piperidine rings is 1. The second-order valence-corrected chi connectivity index (χ2v) is 5.97. The third kappa shape index (κ3) is 2.91. The zero-order valence-electron chi connectivity index (χ0n) is 13.2. The highest BCUT2D eigenvalue weighted by atomic mass is 16.2. The molecule has 1 aliphatic rings. The summed E-state index contributed by atoms with van der Waals surface area (Å²) in [5.74, 6) is 1.51. The van der Waals surface area contributed by atoms with E-state index in [1.165, 1.54) is 11.3 Å². The van der Waals surface area contributed by atoms with E-state index in [0.29, 0.717) is 12.5 Å². The molecule has 3 rings (SSSR count). The van der Waals surface area contributed by atoms with Crippen LogP contribution in [-0.4, -0.2) is 43.6 Å². The minimum Gasteiger partial charge on any atom is -0.340 e. The number of H-pyrrole nitrogens is 1. The van der Waals surface area contributed by atoms with Crippen molar-refractivity contribution in [1.82, 2.24) is 24.6 Å². The molecular formula is C16H23N5O. The average molecular weight is 301 g/mol. The molecule has 22 heavy (non-hydrogen) atoms. The van der Waals surface area contributed by atoms with E-state index in [-0.39, 0.29) is 5.91 Å². The highest BCUT2D eigenvalue weighted by molar-refractivity contribution is 5.76. The standard InChI is InChI=1S/C16H23N5O/c1-3-14-17-6-8-20(14)11-15(22)21-7-4-5-13(10-21)16-12(2)9-18-19-16/h6,8-9,13H,3-5,7,10-11H2,1-2H3,(H,18,19)/t13-/m0/s1. The summed E-state index contributed by atoms with van der Waals surface area (Å²) < 4.78 is 1.95. The predicted molar refractivity (Wildman–Crippen MR) is 83.5 cm³/mol. The summed E-state index contributed by atoms with van der Waals surface area (Å²) in [5, 5.41) is 7.20. The van der Waals surface area contributed by atoms with Gasteiger partial charge in [-0.3, -0.25) is 9.89 Å². The average Bonchev–Trinajstić information content (AvgIpc) is 3.16. The fourth-order valence-electron chi connectivity index (χ4n) is 3.25. The Labute approximate surface area is 130 Å². The van der Waals surface area contributed by atoms with Crippen LogP contribution >= 0.6 is 0 Å². The third-order valence-corrected chi connectivity index (χ3v) is 4.47. The first kappa shape index (κ1) is 14.8. The number of aromatic amines is 1. The van der Waals surface area contributed by atoms with Crippen LogP contribution in [0.3, 0.4) is 0 Å². The number of nitrogens with zero attached hydrogens (tertiary/aromatic N) is 4. The summed E-state index contributed by atoms with van der Waals surface area (Å²) in [6.45, 7) is 6.13. The molecule has 0 spiro atoms. The lowest BCUT2D eigenvalue weighted by atomic mass is 9.93. The largest absolute Gasteiger partial charge is 0.340 e. The van der Waals surface area contributed by atoms with Gasteiger partial charge < -0.3 is 9.47 Å². The van der Waals surface area contributed by atoms with E-state index < -0.39 is 0 Å². The summed E-state index contributed by atoms with van der Waals surface area (Å²) in [6, 6.07) is 0. The molecule has 0 aliphatic carbocycles. The highest BCUT2D eigenvalue weighted by Gasteiger charge is 2.26. The molecule has 118 valence electrons. The van der Waals surface area contributed by atoms with Gasteiger partial charge in [0.05, 0.1) is 6.20 Å². The van der Waals surface area contributed by atoms with Crippen LogP contribution in [0.25, 0.3) is 0 Å². The monoisotopic (exact) mass is 301 g/mol. The number of aryl methyl sites for hydroxylation is 2. The van der Waals surface area contributed by atoms with Crippen LogP contribution in [0.15, 0.2) is 18.6 Å². The minimum atomic E-state index is 0.176. The molecule has 3 heterocycles. The van der Waals surface area contributed by atoms with Crippen LogP contribution in [0.1, 0.15) is 42.8 Å². The number of nitrogens with one attached hydrogen (secondary N) is 1. The summed E-state index contributed by atoms with van der Waals surface area (Å²) in [4.78, 5) is 18.8. The van der Waals surface area contributed by atoms with Gasteiger partial charge >= 0.3 is 0 Å². The molecule has 0 bridgehead atoms. The third-order valence-electron chi connectivity index (χ3n) is 4.47. The Kier molecular flexibility index (Phi) is 4.27. The first-order valence-corrected chi connectivity index (χ1v) is 7.96. The van der Waals surface area contributed by atoms with E-state index in [2.05, 4.69) is 29.0 Å². The molecule has 0 unspecified atom stereocenters. The van der Waals surface area contributed by atoms with Crippen molar-refractivity contribution in [1.29, 1.82) is 0 Å². The molecule has 2 aromatic rings. The molecule has 1 amide bonds.